The molecular formula is C79H84ClF4N13O14S4. The van der Waals surface area contributed by atoms with Crippen LogP contribution in [0.4, 0.5) is 17.6 Å². The van der Waals surface area contributed by atoms with Crippen molar-refractivity contribution in [1.29, 1.82) is 0 Å². The highest BCUT2D eigenvalue weighted by molar-refractivity contribution is 7.91. The summed E-state index contributed by atoms with van der Waals surface area (Å²) in [7, 11) is -8.08. The number of alkyl halides is 4. The highest BCUT2D eigenvalue weighted by atomic mass is 35.5. The van der Waals surface area contributed by atoms with E-state index in [1.165, 1.54) is 38.5 Å². The SMILES string of the molecule is Cc1cc(C(=O)N[C@H]2CCCCCC(F)(F)C[C@@H]3C[C@@]3(C(=O)NS(=O)(=O)C3CC3)CC(=O)C3C[C@@H](Oc4nc5ccccc5nc4-c4nc5ccccc5s4)CN3C2=O)no1.Cl.N[C@H]1CCCCCC(F)(F)C[C@@H]2C[C@@]2(C(=O)NS(=O)(=O)C2CC2)CC(=O)[C@@H]2C[C@@H](Oc3nc4ccccc4nc3-c3nc4ccccc4s3)CN2C1=O. The summed E-state index contributed by atoms with van der Waals surface area (Å²) in [5, 5.41) is 6.14. The number of ether oxygens (including phenoxy) is 2. The molecule has 36 heteroatoms. The standard InChI is InChI=1S/C42H43F2N7O8S2.C37H40F2N6O6S2.ClH/c1-23-17-31(49-59-23)36(53)46-30-12-3-2-8-16-42(43,44)20-24-19-41(24,40(55)50-61(56,57)26-14-15-26)21-33(52)32-18-25(22-51(32)39(30)54)58-37-35(45-27-9-4-5-10-28(27)47-37)38-48-29-11-6-7-13-34(29)60-38;38-37(39)15-7-1-2-8-24(40)34(47)45-20-22(16-28(45)29(46)19-36(17-21(36)18-37)35(48)44-53(49,50)23-13-14-23)51-32-31(41-25-9-3-4-10-26(25)42-32)33-43-27-11-5-6-12-30(27)52-33;/h4-7,9-11,13,17,24-26,30,32H,2-3,8,12,14-16,18-22H2,1H3,(H,46,53)(H,50,55);3-6,9-12,21-24,28H,1-2,7-8,13-20,40H2,(H,44,48);1H/t24-,25+,30-,32?,41+;21-,22+,24-,28-,36+;/m00./s1. The van der Waals surface area contributed by atoms with Gasteiger partial charge in [0.05, 0.1) is 95.0 Å². The first kappa shape index (κ1) is 80.9. The van der Waals surface area contributed by atoms with E-state index in [1.807, 2.05) is 78.9 Å². The van der Waals surface area contributed by atoms with Crippen molar-refractivity contribution in [3.05, 3.63) is 115 Å². The second kappa shape index (κ2) is 32.0. The number of rotatable bonds is 14. The largest absolute Gasteiger partial charge is 0.471 e. The molecule has 4 aliphatic carbocycles. The van der Waals surface area contributed by atoms with E-state index in [0.717, 1.165) is 20.4 Å². The van der Waals surface area contributed by atoms with Crippen molar-refractivity contribution in [2.75, 3.05) is 13.1 Å². The zero-order chi connectivity index (χ0) is 79.8. The van der Waals surface area contributed by atoms with Crippen LogP contribution in [0.3, 0.4) is 0 Å². The van der Waals surface area contributed by atoms with Gasteiger partial charge in [-0.25, -0.2) is 64.3 Å². The Hall–Kier alpha value is -9.29. The molecule has 608 valence electrons. The predicted molar refractivity (Wildman–Crippen MR) is 419 cm³/mol. The third-order valence-corrected chi connectivity index (χ3v) is 28.9. The lowest BCUT2D eigenvalue weighted by Gasteiger charge is -2.29. The molecule has 5 aromatic heterocycles. The molecule has 5 amide bonds. The number of thiazole rings is 2. The number of hydrogen-bond donors (Lipinski definition) is 4. The highest BCUT2D eigenvalue weighted by Crippen LogP contribution is 2.62. The fraction of sp³-hybridized carbons (Fsp3) is 0.494. The maximum atomic E-state index is 15.5. The van der Waals surface area contributed by atoms with E-state index >= 15 is 17.6 Å². The minimum Gasteiger partial charge on any atom is -0.471 e. The second-order valence-electron chi connectivity index (χ2n) is 31.7. The van der Waals surface area contributed by atoms with Crippen LogP contribution in [-0.4, -0.2) is 175 Å². The molecule has 17 rings (SSSR count). The van der Waals surface area contributed by atoms with Crippen molar-refractivity contribution in [2.45, 2.75) is 207 Å². The number of para-hydroxylation sites is 6. The monoisotopic (exact) mass is 1680 g/mol. The van der Waals surface area contributed by atoms with Crippen LogP contribution in [0.5, 0.6) is 11.8 Å². The Morgan fingerprint density at radius 3 is 1.38 bits per heavy atom. The molecule has 0 radical (unpaired) electrons. The summed E-state index contributed by atoms with van der Waals surface area (Å²) in [6.45, 7) is 1.44. The zero-order valence-corrected chi connectivity index (χ0v) is 66.5. The number of ketones is 2. The average molecular weight is 1680 g/mol. The second-order valence-corrected chi connectivity index (χ2v) is 37.7. The summed E-state index contributed by atoms with van der Waals surface area (Å²) in [6, 6.07) is 26.7. The maximum absolute atomic E-state index is 15.5. The number of fused-ring (bicyclic) bond motifs is 8. The van der Waals surface area contributed by atoms with Crippen LogP contribution in [-0.2, 0) is 48.8 Å². The van der Waals surface area contributed by atoms with Crippen LogP contribution in [0.15, 0.2) is 108 Å². The van der Waals surface area contributed by atoms with Crippen molar-refractivity contribution < 1.29 is 82.0 Å². The topological polar surface area (TPSA) is 378 Å². The predicted octanol–water partition coefficient (Wildman–Crippen LogP) is 11.5. The average Bonchev–Trinajstić information content (AvgIpc) is 1.57. The van der Waals surface area contributed by atoms with Crippen LogP contribution in [0, 0.1) is 29.6 Å². The summed E-state index contributed by atoms with van der Waals surface area (Å²) in [4.78, 5) is 130. The first-order valence-corrected chi connectivity index (χ1v) is 43.4. The van der Waals surface area contributed by atoms with E-state index in [2.05, 4.69) is 19.9 Å². The number of Topliss-reactive ketones (excluding diaryl/α,β-unsaturated/α-hetero) is 2. The minimum atomic E-state index is -4.07. The number of hydrogen-bond acceptors (Lipinski definition) is 24. The van der Waals surface area contributed by atoms with E-state index in [1.54, 1.807) is 25.1 Å². The molecular weight excluding hydrogens is 1590 g/mol. The van der Waals surface area contributed by atoms with Crippen LogP contribution in [0.1, 0.15) is 158 Å². The first-order chi connectivity index (χ1) is 54.5. The van der Waals surface area contributed by atoms with Gasteiger partial charge in [-0.3, -0.25) is 43.0 Å². The lowest BCUT2D eigenvalue weighted by atomic mass is 9.89. The molecule has 0 spiro atoms. The number of halogens is 5. The van der Waals surface area contributed by atoms with Gasteiger partial charge in [0.15, 0.2) is 28.6 Å². The molecule has 9 aromatic rings. The number of aryl methyl sites for hydroxylation is 1. The minimum absolute atomic E-state index is 0. The van der Waals surface area contributed by atoms with Crippen LogP contribution in [0.2, 0.25) is 0 Å². The van der Waals surface area contributed by atoms with Gasteiger partial charge >= 0.3 is 0 Å². The van der Waals surface area contributed by atoms with Crippen LogP contribution < -0.4 is 30.0 Å². The van der Waals surface area contributed by atoms with Gasteiger partial charge in [0.25, 0.3) is 5.91 Å². The lowest BCUT2D eigenvalue weighted by Crippen LogP contribution is -2.52. The fourth-order valence-electron chi connectivity index (χ4n) is 16.5. The van der Waals surface area contributed by atoms with E-state index in [4.69, 9.17) is 49.6 Å². The molecule has 4 aliphatic heterocycles. The number of nitrogens with two attached hydrogens (primary N) is 1. The molecule has 4 saturated heterocycles. The fourth-order valence-corrected chi connectivity index (χ4v) is 21.1. The smallest absolute Gasteiger partial charge is 0.274 e. The Labute approximate surface area is 672 Å². The zero-order valence-electron chi connectivity index (χ0n) is 62.4. The number of carbonyl (C=O) groups excluding carboxylic acids is 7. The third kappa shape index (κ3) is 17.4. The molecule has 4 aromatic carbocycles. The molecule has 0 bridgehead atoms. The normalized spacial score (nSPS) is 26.7. The van der Waals surface area contributed by atoms with Gasteiger partial charge < -0.3 is 34.8 Å². The third-order valence-electron chi connectivity index (χ3n) is 23.2. The van der Waals surface area contributed by atoms with Gasteiger partial charge in [-0.05, 0) is 131 Å². The molecule has 8 fully saturated rings. The van der Waals surface area contributed by atoms with Crippen LogP contribution in [0.25, 0.3) is 63.9 Å². The van der Waals surface area contributed by atoms with Gasteiger partial charge in [-0.15, -0.1) is 35.1 Å². The lowest BCUT2D eigenvalue weighted by molar-refractivity contribution is -0.140. The Bertz CT molecular complexity index is 5490. The summed E-state index contributed by atoms with van der Waals surface area (Å²) < 4.78 is 137. The van der Waals surface area contributed by atoms with Crippen molar-refractivity contribution in [3.8, 4) is 33.2 Å². The summed E-state index contributed by atoms with van der Waals surface area (Å²) in [5.41, 5.74) is 7.54. The number of carbonyl (C=O) groups is 7. The van der Waals surface area contributed by atoms with Crippen molar-refractivity contribution in [1.82, 2.24) is 59.6 Å². The van der Waals surface area contributed by atoms with Gasteiger partial charge in [-0.2, -0.15) is 0 Å². The van der Waals surface area contributed by atoms with Gasteiger partial charge in [0.2, 0.25) is 67.3 Å². The number of nitrogens with one attached hydrogen (secondary N) is 3. The molecule has 27 nitrogen and oxygen atoms in total. The summed E-state index contributed by atoms with van der Waals surface area (Å²) in [5.74, 6) is -12.4. The molecule has 9 heterocycles. The number of nitrogens with zero attached hydrogens (tertiary/aromatic N) is 9. The van der Waals surface area contributed by atoms with Gasteiger partial charge in [0, 0.05) is 57.4 Å². The molecule has 115 heavy (non-hydrogen) atoms. The van der Waals surface area contributed by atoms with Crippen molar-refractivity contribution in [2.24, 2.45) is 28.4 Å². The molecule has 1 unspecified atom stereocenters. The molecule has 5 N–H and O–H groups in total. The number of sulfonamides is 2. The Morgan fingerprint density at radius 2 is 0.957 bits per heavy atom. The van der Waals surface area contributed by atoms with E-state index < -0.39 is 181 Å². The highest BCUT2D eigenvalue weighted by Gasteiger charge is 2.66. The van der Waals surface area contributed by atoms with E-state index in [0.29, 0.717) is 101 Å². The summed E-state index contributed by atoms with van der Waals surface area (Å²) in [6.07, 6.45) is -1.55. The van der Waals surface area contributed by atoms with Crippen molar-refractivity contribution >= 4 is 139 Å². The van der Waals surface area contributed by atoms with Crippen molar-refractivity contribution in [3.63, 3.8) is 0 Å². The number of amides is 5. The molecule has 10 atom stereocenters. The van der Waals surface area contributed by atoms with Crippen LogP contribution >= 0.6 is 35.1 Å². The Morgan fingerprint density at radius 1 is 0.539 bits per heavy atom. The quantitative estimate of drug-likeness (QED) is 0.0735. The first-order valence-electron chi connectivity index (χ1n) is 38.6. The van der Waals surface area contributed by atoms with E-state index in [9.17, 15) is 50.4 Å². The summed E-state index contributed by atoms with van der Waals surface area (Å²) >= 11 is 2.82. The maximum Gasteiger partial charge on any atom is 0.274 e. The van der Waals surface area contributed by atoms with Gasteiger partial charge in [0.1, 0.15) is 34.0 Å². The number of aromatic nitrogens is 7. The Balaban J connectivity index is 0.000000181. The number of benzene rings is 4. The molecule has 8 aliphatic rings. The van der Waals surface area contributed by atoms with Gasteiger partial charge in [-0.1, -0.05) is 79.4 Å². The Kier molecular flexibility index (Phi) is 22.5. The van der Waals surface area contributed by atoms with E-state index in [-0.39, 0.29) is 94.3 Å². The molecule has 4 saturated carbocycles.